The molecule has 1 aliphatic heterocycles. The first kappa shape index (κ1) is 19.3. The third kappa shape index (κ3) is 4.53. The zero-order valence-corrected chi connectivity index (χ0v) is 16.4. The molecule has 0 amide bonds. The average Bonchev–Trinajstić information content (AvgIpc) is 2.74. The average molecular weight is 388 g/mol. The second-order valence-electron chi connectivity index (χ2n) is 7.35. The van der Waals surface area contributed by atoms with Crippen molar-refractivity contribution in [2.75, 3.05) is 19.7 Å². The van der Waals surface area contributed by atoms with Gasteiger partial charge in [-0.3, -0.25) is 9.88 Å². The first-order valence-corrected chi connectivity index (χ1v) is 9.79. The zero-order valence-electron chi connectivity index (χ0n) is 16.4. The standard InChI is InChI=1S/C24H24N2O3/c1-17-5-4-8-22(25-17)23-16-26(13-14-29-23)15-18-9-11-19(12-10-18)20-6-2-3-7-21(20)24(27)28/h2-12,23H,13-16H2,1H3,(H,27,28)/t23-/m0/s1. The Kier molecular flexibility index (Phi) is 5.69. The molecule has 1 aromatic heterocycles. The number of ether oxygens (including phenoxy) is 1. The van der Waals surface area contributed by atoms with Gasteiger partial charge in [0, 0.05) is 25.3 Å². The number of aromatic nitrogens is 1. The Morgan fingerprint density at radius 2 is 1.90 bits per heavy atom. The summed E-state index contributed by atoms with van der Waals surface area (Å²) in [6.45, 7) is 5.19. The van der Waals surface area contributed by atoms with E-state index in [9.17, 15) is 9.90 Å². The summed E-state index contributed by atoms with van der Waals surface area (Å²) in [5.41, 5.74) is 5.15. The van der Waals surface area contributed by atoms with E-state index < -0.39 is 5.97 Å². The van der Waals surface area contributed by atoms with Crippen LogP contribution in [-0.4, -0.2) is 40.7 Å². The molecule has 0 radical (unpaired) electrons. The van der Waals surface area contributed by atoms with E-state index in [-0.39, 0.29) is 6.10 Å². The summed E-state index contributed by atoms with van der Waals surface area (Å²) in [6.07, 6.45) is -0.00892. The van der Waals surface area contributed by atoms with Crippen molar-refractivity contribution in [3.63, 3.8) is 0 Å². The minimum atomic E-state index is -0.909. The first-order chi connectivity index (χ1) is 14.1. The molecule has 3 aromatic rings. The van der Waals surface area contributed by atoms with E-state index in [1.165, 1.54) is 5.56 Å². The number of hydrogen-bond donors (Lipinski definition) is 1. The molecule has 0 bridgehead atoms. The molecule has 29 heavy (non-hydrogen) atoms. The van der Waals surface area contributed by atoms with Gasteiger partial charge in [-0.05, 0) is 41.8 Å². The Morgan fingerprint density at radius 1 is 1.10 bits per heavy atom. The number of nitrogens with zero attached hydrogens (tertiary/aromatic N) is 2. The largest absolute Gasteiger partial charge is 0.478 e. The van der Waals surface area contributed by atoms with Crippen LogP contribution in [0.4, 0.5) is 0 Å². The third-order valence-corrected chi connectivity index (χ3v) is 5.22. The molecule has 1 saturated heterocycles. The first-order valence-electron chi connectivity index (χ1n) is 9.79. The maximum Gasteiger partial charge on any atom is 0.336 e. The van der Waals surface area contributed by atoms with Gasteiger partial charge >= 0.3 is 5.97 Å². The molecule has 0 spiro atoms. The van der Waals surface area contributed by atoms with Gasteiger partial charge in [0.1, 0.15) is 6.10 Å². The van der Waals surface area contributed by atoms with Crippen LogP contribution >= 0.6 is 0 Å². The lowest BCUT2D eigenvalue weighted by Crippen LogP contribution is -2.38. The smallest absolute Gasteiger partial charge is 0.336 e. The molecule has 0 aliphatic carbocycles. The van der Waals surface area contributed by atoms with Crippen LogP contribution in [0.3, 0.4) is 0 Å². The molecule has 1 aliphatic rings. The monoisotopic (exact) mass is 388 g/mol. The Morgan fingerprint density at radius 3 is 2.66 bits per heavy atom. The molecule has 1 N–H and O–H groups in total. The highest BCUT2D eigenvalue weighted by molar-refractivity contribution is 5.95. The van der Waals surface area contributed by atoms with Crippen LogP contribution in [0.25, 0.3) is 11.1 Å². The summed E-state index contributed by atoms with van der Waals surface area (Å²) >= 11 is 0. The van der Waals surface area contributed by atoms with Crippen LogP contribution in [0.2, 0.25) is 0 Å². The summed E-state index contributed by atoms with van der Waals surface area (Å²) in [5, 5.41) is 9.41. The van der Waals surface area contributed by atoms with Gasteiger partial charge in [-0.2, -0.15) is 0 Å². The lowest BCUT2D eigenvalue weighted by Gasteiger charge is -2.32. The topological polar surface area (TPSA) is 62.7 Å². The number of carboxylic acids is 1. The fourth-order valence-electron chi connectivity index (χ4n) is 3.74. The van der Waals surface area contributed by atoms with Gasteiger partial charge in [-0.25, -0.2) is 4.79 Å². The Labute approximate surface area is 170 Å². The highest BCUT2D eigenvalue weighted by Crippen LogP contribution is 2.26. The van der Waals surface area contributed by atoms with E-state index in [0.717, 1.165) is 42.1 Å². The highest BCUT2D eigenvalue weighted by Gasteiger charge is 2.23. The van der Waals surface area contributed by atoms with Crippen molar-refractivity contribution in [3.8, 4) is 11.1 Å². The van der Waals surface area contributed by atoms with Gasteiger partial charge in [0.05, 0.1) is 17.9 Å². The van der Waals surface area contributed by atoms with Crippen LogP contribution in [0.15, 0.2) is 66.7 Å². The molecule has 2 heterocycles. The van der Waals surface area contributed by atoms with Gasteiger partial charge in [-0.1, -0.05) is 48.5 Å². The van der Waals surface area contributed by atoms with E-state index in [2.05, 4.69) is 22.0 Å². The third-order valence-electron chi connectivity index (χ3n) is 5.22. The predicted molar refractivity (Wildman–Crippen MR) is 112 cm³/mol. The van der Waals surface area contributed by atoms with Crippen LogP contribution in [0.5, 0.6) is 0 Å². The second-order valence-corrected chi connectivity index (χ2v) is 7.35. The highest BCUT2D eigenvalue weighted by atomic mass is 16.5. The van der Waals surface area contributed by atoms with Crippen LogP contribution in [0, 0.1) is 6.92 Å². The fraction of sp³-hybridized carbons (Fsp3) is 0.250. The summed E-state index contributed by atoms with van der Waals surface area (Å²) in [4.78, 5) is 18.4. The van der Waals surface area contributed by atoms with Crippen LogP contribution in [0.1, 0.15) is 33.4 Å². The summed E-state index contributed by atoms with van der Waals surface area (Å²) in [5.74, 6) is -0.909. The van der Waals surface area contributed by atoms with Gasteiger partial charge in [0.25, 0.3) is 0 Å². The summed E-state index contributed by atoms with van der Waals surface area (Å²) < 4.78 is 5.94. The van der Waals surface area contributed by atoms with Crippen molar-refractivity contribution in [2.45, 2.75) is 19.6 Å². The number of aromatic carboxylic acids is 1. The number of carboxylic acid groups (broad SMARTS) is 1. The molecule has 5 heteroatoms. The van der Waals surface area contributed by atoms with Crippen LogP contribution < -0.4 is 0 Å². The van der Waals surface area contributed by atoms with Gasteiger partial charge in [0.2, 0.25) is 0 Å². The number of morpholine rings is 1. The quantitative estimate of drug-likeness (QED) is 0.705. The maximum absolute atomic E-state index is 11.5. The van der Waals surface area contributed by atoms with E-state index in [4.69, 9.17) is 4.74 Å². The number of hydrogen-bond acceptors (Lipinski definition) is 4. The van der Waals surface area contributed by atoms with Crippen molar-refractivity contribution in [1.82, 2.24) is 9.88 Å². The number of rotatable bonds is 5. The second kappa shape index (κ2) is 8.55. The number of aryl methyl sites for hydroxylation is 1. The van der Waals surface area contributed by atoms with E-state index in [0.29, 0.717) is 12.2 Å². The summed E-state index contributed by atoms with van der Waals surface area (Å²) in [7, 11) is 0. The number of benzene rings is 2. The SMILES string of the molecule is Cc1cccc([C@@H]2CN(Cc3ccc(-c4ccccc4C(=O)O)cc3)CCO2)n1. The molecule has 1 fully saturated rings. The van der Waals surface area contributed by atoms with Crippen molar-refractivity contribution >= 4 is 5.97 Å². The van der Waals surface area contributed by atoms with Crippen molar-refractivity contribution in [1.29, 1.82) is 0 Å². The van der Waals surface area contributed by atoms with Crippen molar-refractivity contribution in [2.24, 2.45) is 0 Å². The minimum absolute atomic E-state index is 0.00892. The summed E-state index contributed by atoms with van der Waals surface area (Å²) in [6, 6.07) is 21.3. The van der Waals surface area contributed by atoms with Gasteiger partial charge in [0.15, 0.2) is 0 Å². The fourth-order valence-corrected chi connectivity index (χ4v) is 3.74. The van der Waals surface area contributed by atoms with Crippen LogP contribution in [-0.2, 0) is 11.3 Å². The molecule has 0 unspecified atom stereocenters. The molecule has 2 aromatic carbocycles. The maximum atomic E-state index is 11.5. The Hall–Kier alpha value is -3.02. The molecular weight excluding hydrogens is 364 g/mol. The van der Waals surface area contributed by atoms with Gasteiger partial charge < -0.3 is 9.84 Å². The molecule has 148 valence electrons. The van der Waals surface area contributed by atoms with Crippen molar-refractivity contribution < 1.29 is 14.6 Å². The molecule has 4 rings (SSSR count). The molecular formula is C24H24N2O3. The van der Waals surface area contributed by atoms with Crippen molar-refractivity contribution in [3.05, 3.63) is 89.2 Å². The van der Waals surface area contributed by atoms with E-state index >= 15 is 0 Å². The van der Waals surface area contributed by atoms with Gasteiger partial charge in [-0.15, -0.1) is 0 Å². The van der Waals surface area contributed by atoms with E-state index in [1.807, 2.05) is 49.4 Å². The number of carbonyl (C=O) groups is 1. The molecule has 1 atom stereocenters. The molecule has 5 nitrogen and oxygen atoms in total. The normalized spacial score (nSPS) is 17.2. The lowest BCUT2D eigenvalue weighted by molar-refractivity contribution is -0.0350. The number of pyridine rings is 1. The Bertz CT molecular complexity index is 1000. The zero-order chi connectivity index (χ0) is 20.2. The predicted octanol–water partition coefficient (Wildman–Crippen LogP) is 4.33. The van der Waals surface area contributed by atoms with E-state index in [1.54, 1.807) is 12.1 Å². The Balaban J connectivity index is 1.46. The lowest BCUT2D eigenvalue weighted by atomic mass is 9.98. The minimum Gasteiger partial charge on any atom is -0.478 e. The molecule has 0 saturated carbocycles.